The van der Waals surface area contributed by atoms with Gasteiger partial charge in [0, 0.05) is 11.4 Å². The molecule has 4 saturated carbocycles. The van der Waals surface area contributed by atoms with E-state index in [-0.39, 0.29) is 9.74 Å². The Labute approximate surface area is 159 Å². The zero-order valence-corrected chi connectivity index (χ0v) is 16.8. The first-order valence-electron chi connectivity index (χ1n) is 9.52. The van der Waals surface area contributed by atoms with Crippen LogP contribution in [0.3, 0.4) is 0 Å². The first-order chi connectivity index (χ1) is 11.9. The van der Waals surface area contributed by atoms with E-state index >= 15 is 0 Å². The molecule has 3 nitrogen and oxygen atoms in total. The van der Waals surface area contributed by atoms with Crippen LogP contribution in [0.2, 0.25) is 0 Å². The zero-order valence-electron chi connectivity index (χ0n) is 15.3. The number of likely N-dealkylation sites (N-methyl/N-ethyl adjacent to an activating group) is 1. The number of alkyl halides is 1. The van der Waals surface area contributed by atoms with E-state index in [9.17, 15) is 4.79 Å². The molecule has 0 aromatic heterocycles. The molecular weight excluding hydrogens is 378 g/mol. The molecule has 4 heteroatoms. The highest BCUT2D eigenvalue weighted by atomic mass is 79.9. The van der Waals surface area contributed by atoms with Gasteiger partial charge in [0.15, 0.2) is 0 Å². The van der Waals surface area contributed by atoms with Gasteiger partial charge in [-0.1, -0.05) is 34.1 Å². The van der Waals surface area contributed by atoms with Crippen molar-refractivity contribution in [3.05, 3.63) is 29.8 Å². The third-order valence-electron chi connectivity index (χ3n) is 6.57. The molecule has 25 heavy (non-hydrogen) atoms. The van der Waals surface area contributed by atoms with Gasteiger partial charge < -0.3 is 9.64 Å². The average Bonchev–Trinajstić information content (AvgIpc) is 2.53. The van der Waals surface area contributed by atoms with Crippen molar-refractivity contribution in [1.82, 2.24) is 4.90 Å². The Morgan fingerprint density at radius 3 is 2.56 bits per heavy atom. The molecule has 4 aliphatic carbocycles. The standard InChI is InChI=1S/C21H28BrNO2/c1-15-5-3-4-6-18(15)25-8-7-23(2)19(24)20-10-16-9-17(11-20)13-21(22,12-16)14-20/h3-6,16-17H,7-14H2,1-2H3. The van der Waals surface area contributed by atoms with Crippen LogP contribution >= 0.6 is 15.9 Å². The molecule has 4 fully saturated rings. The number of nitrogens with zero attached hydrogens (tertiary/aromatic N) is 1. The number of aryl methyl sites for hydroxylation is 1. The number of hydrogen-bond acceptors (Lipinski definition) is 2. The van der Waals surface area contributed by atoms with Crippen LogP contribution in [-0.4, -0.2) is 35.3 Å². The predicted molar refractivity (Wildman–Crippen MR) is 103 cm³/mol. The predicted octanol–water partition coefficient (Wildman–Crippen LogP) is 4.57. The lowest BCUT2D eigenvalue weighted by molar-refractivity contribution is -0.154. The molecule has 4 aliphatic rings. The van der Waals surface area contributed by atoms with Gasteiger partial charge in [-0.25, -0.2) is 0 Å². The summed E-state index contributed by atoms with van der Waals surface area (Å²) in [6, 6.07) is 8.04. The zero-order chi connectivity index (χ0) is 17.7. The maximum absolute atomic E-state index is 13.3. The van der Waals surface area contributed by atoms with Crippen molar-refractivity contribution in [3.8, 4) is 5.75 Å². The van der Waals surface area contributed by atoms with Crippen molar-refractivity contribution >= 4 is 21.8 Å². The van der Waals surface area contributed by atoms with E-state index in [1.165, 1.54) is 19.3 Å². The Bertz CT molecular complexity index is 660. The summed E-state index contributed by atoms with van der Waals surface area (Å²) in [7, 11) is 1.95. The number of benzene rings is 1. The van der Waals surface area contributed by atoms with Gasteiger partial charge in [0.25, 0.3) is 0 Å². The second-order valence-corrected chi connectivity index (χ2v) is 10.4. The lowest BCUT2D eigenvalue weighted by Gasteiger charge is -2.59. The largest absolute Gasteiger partial charge is 0.491 e. The van der Waals surface area contributed by atoms with Gasteiger partial charge in [0.05, 0.1) is 12.0 Å². The fourth-order valence-electron chi connectivity index (χ4n) is 5.92. The van der Waals surface area contributed by atoms with Gasteiger partial charge in [-0.05, 0) is 68.9 Å². The van der Waals surface area contributed by atoms with Gasteiger partial charge in [0.2, 0.25) is 5.91 Å². The van der Waals surface area contributed by atoms with Crippen LogP contribution < -0.4 is 4.74 Å². The maximum atomic E-state index is 13.3. The molecule has 2 atom stereocenters. The second-order valence-electron chi connectivity index (χ2n) is 8.73. The fourth-order valence-corrected chi connectivity index (χ4v) is 7.37. The minimum atomic E-state index is -0.120. The number of amides is 1. The minimum Gasteiger partial charge on any atom is -0.491 e. The molecule has 0 radical (unpaired) electrons. The molecule has 0 aliphatic heterocycles. The smallest absolute Gasteiger partial charge is 0.228 e. The number of ether oxygens (including phenoxy) is 1. The molecule has 2 unspecified atom stereocenters. The van der Waals surface area contributed by atoms with Crippen molar-refractivity contribution in [2.24, 2.45) is 17.3 Å². The van der Waals surface area contributed by atoms with Crippen LogP contribution in [-0.2, 0) is 4.79 Å². The summed E-state index contributed by atoms with van der Waals surface area (Å²) < 4.78 is 6.12. The third kappa shape index (κ3) is 3.22. The molecule has 1 aromatic rings. The maximum Gasteiger partial charge on any atom is 0.228 e. The summed E-state index contributed by atoms with van der Waals surface area (Å²) in [5.74, 6) is 2.73. The van der Waals surface area contributed by atoms with Crippen LogP contribution in [0.4, 0.5) is 0 Å². The SMILES string of the molecule is Cc1ccccc1OCCN(C)C(=O)C12CC3CC(CC(Br)(C3)C1)C2. The molecular formula is C21H28BrNO2. The summed E-state index contributed by atoms with van der Waals surface area (Å²) in [4.78, 5) is 15.2. The topological polar surface area (TPSA) is 29.5 Å². The molecule has 5 rings (SSSR count). The van der Waals surface area contributed by atoms with E-state index in [2.05, 4.69) is 28.9 Å². The van der Waals surface area contributed by atoms with E-state index in [1.54, 1.807) is 0 Å². The van der Waals surface area contributed by atoms with Gasteiger partial charge in [-0.3, -0.25) is 4.79 Å². The van der Waals surface area contributed by atoms with E-state index in [1.807, 2.05) is 30.1 Å². The Hall–Kier alpha value is -1.03. The molecule has 4 bridgehead atoms. The third-order valence-corrected chi connectivity index (χ3v) is 7.50. The second kappa shape index (κ2) is 6.29. The molecule has 0 spiro atoms. The highest BCUT2D eigenvalue weighted by Gasteiger charge is 2.60. The van der Waals surface area contributed by atoms with Crippen LogP contribution in [0.15, 0.2) is 24.3 Å². The highest BCUT2D eigenvalue weighted by Crippen LogP contribution is 2.64. The number of hydrogen-bond donors (Lipinski definition) is 0. The van der Waals surface area contributed by atoms with Crippen molar-refractivity contribution < 1.29 is 9.53 Å². The highest BCUT2D eigenvalue weighted by molar-refractivity contribution is 9.10. The van der Waals surface area contributed by atoms with E-state index in [4.69, 9.17) is 4.74 Å². The summed E-state index contributed by atoms with van der Waals surface area (Å²) in [5.41, 5.74) is 1.02. The Morgan fingerprint density at radius 2 is 1.92 bits per heavy atom. The van der Waals surface area contributed by atoms with Crippen molar-refractivity contribution in [3.63, 3.8) is 0 Å². The molecule has 0 heterocycles. The summed E-state index contributed by atoms with van der Waals surface area (Å²) in [6.07, 6.45) is 7.08. The van der Waals surface area contributed by atoms with Crippen molar-refractivity contribution in [1.29, 1.82) is 0 Å². The van der Waals surface area contributed by atoms with Crippen LogP contribution in [0.1, 0.15) is 44.1 Å². The Kier molecular flexibility index (Phi) is 4.38. The lowest BCUT2D eigenvalue weighted by Crippen LogP contribution is -2.58. The molecule has 0 saturated heterocycles. The number of rotatable bonds is 5. The van der Waals surface area contributed by atoms with Gasteiger partial charge in [0.1, 0.15) is 12.4 Å². The number of carbonyl (C=O) groups is 1. The molecule has 136 valence electrons. The minimum absolute atomic E-state index is 0.120. The lowest BCUT2D eigenvalue weighted by atomic mass is 9.49. The van der Waals surface area contributed by atoms with E-state index in [0.29, 0.717) is 19.1 Å². The quantitative estimate of drug-likeness (QED) is 0.671. The van der Waals surface area contributed by atoms with Crippen molar-refractivity contribution in [2.45, 2.75) is 49.8 Å². The normalized spacial score (nSPS) is 35.6. The number of halogens is 1. The van der Waals surface area contributed by atoms with Crippen molar-refractivity contribution in [2.75, 3.05) is 20.2 Å². The first kappa shape index (κ1) is 17.4. The summed E-state index contributed by atoms with van der Waals surface area (Å²) in [5, 5.41) is 0. The van der Waals surface area contributed by atoms with Crippen LogP contribution in [0.25, 0.3) is 0 Å². The number of para-hydroxylation sites is 1. The number of carbonyl (C=O) groups excluding carboxylic acids is 1. The van der Waals surface area contributed by atoms with Crippen LogP contribution in [0, 0.1) is 24.2 Å². The Balaban J connectivity index is 1.38. The monoisotopic (exact) mass is 405 g/mol. The Morgan fingerprint density at radius 1 is 1.24 bits per heavy atom. The fraction of sp³-hybridized carbons (Fsp3) is 0.667. The molecule has 0 N–H and O–H groups in total. The molecule has 1 amide bonds. The molecule has 1 aromatic carbocycles. The van der Waals surface area contributed by atoms with Gasteiger partial charge in [-0.15, -0.1) is 0 Å². The van der Waals surface area contributed by atoms with E-state index in [0.717, 1.165) is 42.4 Å². The first-order valence-corrected chi connectivity index (χ1v) is 10.3. The van der Waals surface area contributed by atoms with Gasteiger partial charge >= 0.3 is 0 Å². The van der Waals surface area contributed by atoms with Crippen LogP contribution in [0.5, 0.6) is 5.75 Å². The summed E-state index contributed by atoms with van der Waals surface area (Å²) >= 11 is 4.01. The van der Waals surface area contributed by atoms with E-state index < -0.39 is 0 Å². The summed E-state index contributed by atoms with van der Waals surface area (Å²) in [6.45, 7) is 3.25. The average molecular weight is 406 g/mol. The van der Waals surface area contributed by atoms with Gasteiger partial charge in [-0.2, -0.15) is 0 Å².